The summed E-state index contributed by atoms with van der Waals surface area (Å²) in [5.74, 6) is 0.280. The first-order valence-corrected chi connectivity index (χ1v) is 5.40. The molecule has 0 saturated heterocycles. The lowest BCUT2D eigenvalue weighted by Gasteiger charge is -2.04. The van der Waals surface area contributed by atoms with E-state index in [4.69, 9.17) is 5.73 Å². The quantitative estimate of drug-likeness (QED) is 0.467. The molecule has 1 amide bonds. The summed E-state index contributed by atoms with van der Waals surface area (Å²) in [6.45, 7) is 0.636. The number of nitrogen functional groups attached to an aromatic ring is 1. The van der Waals surface area contributed by atoms with Gasteiger partial charge < -0.3 is 11.1 Å². The van der Waals surface area contributed by atoms with Crippen molar-refractivity contribution in [2.75, 3.05) is 12.3 Å². The molecular formula is C11H13N3O3. The second kappa shape index (κ2) is 4.40. The van der Waals surface area contributed by atoms with E-state index >= 15 is 0 Å². The van der Waals surface area contributed by atoms with E-state index in [9.17, 15) is 14.9 Å². The zero-order valence-electron chi connectivity index (χ0n) is 9.18. The molecule has 0 unspecified atom stereocenters. The second-order valence-corrected chi connectivity index (χ2v) is 4.18. The molecule has 0 radical (unpaired) electrons. The SMILES string of the molecule is Nc1ccc(C(=O)NCC2CC2)cc1[N+](=O)[O-]. The monoisotopic (exact) mass is 235 g/mol. The fourth-order valence-electron chi connectivity index (χ4n) is 1.50. The minimum absolute atomic E-state index is 0.0637. The van der Waals surface area contributed by atoms with E-state index in [1.165, 1.54) is 18.2 Å². The summed E-state index contributed by atoms with van der Waals surface area (Å²) in [7, 11) is 0. The molecule has 0 aromatic heterocycles. The maximum Gasteiger partial charge on any atom is 0.292 e. The molecule has 0 bridgehead atoms. The topological polar surface area (TPSA) is 98.3 Å². The van der Waals surface area contributed by atoms with Crippen molar-refractivity contribution in [3.8, 4) is 0 Å². The number of rotatable bonds is 4. The van der Waals surface area contributed by atoms with Gasteiger partial charge in [-0.05, 0) is 30.9 Å². The van der Waals surface area contributed by atoms with Crippen LogP contribution in [0.2, 0.25) is 0 Å². The molecule has 1 aromatic rings. The lowest BCUT2D eigenvalue weighted by Crippen LogP contribution is -2.25. The molecule has 6 heteroatoms. The molecule has 3 N–H and O–H groups in total. The molecule has 17 heavy (non-hydrogen) atoms. The second-order valence-electron chi connectivity index (χ2n) is 4.18. The molecule has 0 spiro atoms. The Hall–Kier alpha value is -2.11. The number of nitrogens with two attached hydrogens (primary N) is 1. The van der Waals surface area contributed by atoms with Gasteiger partial charge in [0, 0.05) is 18.2 Å². The van der Waals surface area contributed by atoms with Gasteiger partial charge in [0.1, 0.15) is 5.69 Å². The summed E-state index contributed by atoms with van der Waals surface area (Å²) >= 11 is 0. The molecule has 6 nitrogen and oxygen atoms in total. The van der Waals surface area contributed by atoms with Crippen LogP contribution in [0.15, 0.2) is 18.2 Å². The Morgan fingerprint density at radius 2 is 2.24 bits per heavy atom. The first kappa shape index (κ1) is 11.4. The minimum atomic E-state index is -0.590. The van der Waals surface area contributed by atoms with Gasteiger partial charge in [0.25, 0.3) is 11.6 Å². The van der Waals surface area contributed by atoms with Crippen LogP contribution in [0, 0.1) is 16.0 Å². The van der Waals surface area contributed by atoms with Gasteiger partial charge in [0.05, 0.1) is 4.92 Å². The van der Waals surface area contributed by atoms with Crippen molar-refractivity contribution in [2.45, 2.75) is 12.8 Å². The number of carbonyl (C=O) groups excluding carboxylic acids is 1. The Balaban J connectivity index is 2.11. The van der Waals surface area contributed by atoms with Crippen LogP contribution in [0.5, 0.6) is 0 Å². The van der Waals surface area contributed by atoms with E-state index in [-0.39, 0.29) is 22.8 Å². The highest BCUT2D eigenvalue weighted by Gasteiger charge is 2.22. The van der Waals surface area contributed by atoms with Crippen LogP contribution in [0.3, 0.4) is 0 Å². The van der Waals surface area contributed by atoms with E-state index < -0.39 is 4.92 Å². The molecule has 1 aliphatic carbocycles. The maximum absolute atomic E-state index is 11.7. The Morgan fingerprint density at radius 1 is 1.53 bits per heavy atom. The summed E-state index contributed by atoms with van der Waals surface area (Å²) in [6, 6.07) is 4.08. The molecule has 1 aliphatic rings. The van der Waals surface area contributed by atoms with Crippen LogP contribution >= 0.6 is 0 Å². The first-order chi connectivity index (χ1) is 8.08. The summed E-state index contributed by atoms with van der Waals surface area (Å²) < 4.78 is 0. The number of nitro benzene ring substituents is 1. The molecule has 1 saturated carbocycles. The number of nitro groups is 1. The zero-order chi connectivity index (χ0) is 12.4. The molecule has 90 valence electrons. The highest BCUT2D eigenvalue weighted by atomic mass is 16.6. The van der Waals surface area contributed by atoms with Crippen LogP contribution in [0.25, 0.3) is 0 Å². The van der Waals surface area contributed by atoms with Gasteiger partial charge >= 0.3 is 0 Å². The van der Waals surface area contributed by atoms with Gasteiger partial charge in [-0.2, -0.15) is 0 Å². The van der Waals surface area contributed by atoms with E-state index in [1.54, 1.807) is 0 Å². The van der Waals surface area contributed by atoms with Crippen molar-refractivity contribution in [2.24, 2.45) is 5.92 Å². The van der Waals surface area contributed by atoms with Crippen molar-refractivity contribution < 1.29 is 9.72 Å². The van der Waals surface area contributed by atoms with Crippen LogP contribution < -0.4 is 11.1 Å². The van der Waals surface area contributed by atoms with E-state index in [2.05, 4.69) is 5.32 Å². The number of anilines is 1. The highest BCUT2D eigenvalue weighted by Crippen LogP contribution is 2.28. The Kier molecular flexibility index (Phi) is 2.95. The van der Waals surface area contributed by atoms with E-state index in [0.717, 1.165) is 12.8 Å². The molecule has 0 atom stereocenters. The van der Waals surface area contributed by atoms with Crippen molar-refractivity contribution in [3.05, 3.63) is 33.9 Å². The van der Waals surface area contributed by atoms with Gasteiger partial charge in [0.15, 0.2) is 0 Å². The Bertz CT molecular complexity index is 469. The van der Waals surface area contributed by atoms with Gasteiger partial charge in [-0.3, -0.25) is 14.9 Å². The van der Waals surface area contributed by atoms with Crippen molar-refractivity contribution in [1.29, 1.82) is 0 Å². The maximum atomic E-state index is 11.7. The fourth-order valence-corrected chi connectivity index (χ4v) is 1.50. The lowest BCUT2D eigenvalue weighted by atomic mass is 10.1. The number of nitrogens with zero attached hydrogens (tertiary/aromatic N) is 1. The molecule has 1 aromatic carbocycles. The molecular weight excluding hydrogens is 222 g/mol. The molecule has 2 rings (SSSR count). The summed E-state index contributed by atoms with van der Waals surface area (Å²) in [5.41, 5.74) is 5.55. The third-order valence-corrected chi connectivity index (χ3v) is 2.74. The number of hydrogen-bond donors (Lipinski definition) is 2. The van der Waals surface area contributed by atoms with Crippen LogP contribution in [-0.4, -0.2) is 17.4 Å². The van der Waals surface area contributed by atoms with Crippen molar-refractivity contribution in [3.63, 3.8) is 0 Å². The summed E-state index contributed by atoms with van der Waals surface area (Å²) in [4.78, 5) is 21.8. The Morgan fingerprint density at radius 3 is 2.82 bits per heavy atom. The third-order valence-electron chi connectivity index (χ3n) is 2.74. The number of carbonyl (C=O) groups is 1. The molecule has 0 aliphatic heterocycles. The minimum Gasteiger partial charge on any atom is -0.393 e. The zero-order valence-corrected chi connectivity index (χ0v) is 9.18. The molecule has 1 fully saturated rings. The van der Waals surface area contributed by atoms with Gasteiger partial charge in [-0.1, -0.05) is 0 Å². The predicted octanol–water partition coefficient (Wildman–Crippen LogP) is 1.32. The Labute approximate surface area is 98.0 Å². The van der Waals surface area contributed by atoms with Crippen molar-refractivity contribution >= 4 is 17.3 Å². The van der Waals surface area contributed by atoms with E-state index in [1.807, 2.05) is 0 Å². The van der Waals surface area contributed by atoms with Gasteiger partial charge in [0.2, 0.25) is 0 Å². The lowest BCUT2D eigenvalue weighted by molar-refractivity contribution is -0.383. The number of hydrogen-bond acceptors (Lipinski definition) is 4. The normalized spacial score (nSPS) is 14.4. The smallest absolute Gasteiger partial charge is 0.292 e. The highest BCUT2D eigenvalue weighted by molar-refractivity contribution is 5.95. The average molecular weight is 235 g/mol. The van der Waals surface area contributed by atoms with Crippen LogP contribution in [0.1, 0.15) is 23.2 Å². The summed E-state index contributed by atoms with van der Waals surface area (Å²) in [6.07, 6.45) is 2.28. The van der Waals surface area contributed by atoms with Crippen LogP contribution in [-0.2, 0) is 0 Å². The molecule has 0 heterocycles. The number of nitrogens with one attached hydrogen (secondary N) is 1. The van der Waals surface area contributed by atoms with Gasteiger partial charge in [-0.25, -0.2) is 0 Å². The number of amides is 1. The summed E-state index contributed by atoms with van der Waals surface area (Å²) in [5, 5.41) is 13.4. The van der Waals surface area contributed by atoms with Gasteiger partial charge in [-0.15, -0.1) is 0 Å². The average Bonchev–Trinajstić information content (AvgIpc) is 3.10. The largest absolute Gasteiger partial charge is 0.393 e. The van der Waals surface area contributed by atoms with E-state index in [0.29, 0.717) is 12.5 Å². The van der Waals surface area contributed by atoms with Crippen molar-refractivity contribution in [1.82, 2.24) is 5.32 Å². The fraction of sp³-hybridized carbons (Fsp3) is 0.364. The number of benzene rings is 1. The predicted molar refractivity (Wildman–Crippen MR) is 62.6 cm³/mol. The third kappa shape index (κ3) is 2.72. The first-order valence-electron chi connectivity index (χ1n) is 5.40. The standard InChI is InChI=1S/C11H13N3O3/c12-9-4-3-8(5-10(9)14(16)17)11(15)13-6-7-1-2-7/h3-5,7H,1-2,6,12H2,(H,13,15). The van der Waals surface area contributed by atoms with Crippen LogP contribution in [0.4, 0.5) is 11.4 Å².